The van der Waals surface area contributed by atoms with Crippen molar-refractivity contribution in [3.05, 3.63) is 30.0 Å². The van der Waals surface area contributed by atoms with Gasteiger partial charge in [-0.3, -0.25) is 9.59 Å². The van der Waals surface area contributed by atoms with E-state index in [0.717, 1.165) is 31.2 Å². The second-order valence-electron chi connectivity index (χ2n) is 5.35. The smallest absolute Gasteiger partial charge is 0.287 e. The van der Waals surface area contributed by atoms with E-state index in [0.29, 0.717) is 6.54 Å². The lowest BCUT2D eigenvalue weighted by Gasteiger charge is -2.09. The number of amides is 2. The Bertz CT molecular complexity index is 697. The lowest BCUT2D eigenvalue weighted by Crippen LogP contribution is -2.32. The topological polar surface area (TPSA) is 119 Å². The first-order valence-corrected chi connectivity index (χ1v) is 8.84. The molecule has 2 aromatic heterocycles. The molecule has 25 heavy (non-hydrogen) atoms. The van der Waals surface area contributed by atoms with Gasteiger partial charge in [0.05, 0.1) is 24.7 Å². The Balaban J connectivity index is 1.36. The van der Waals surface area contributed by atoms with Crippen molar-refractivity contribution in [2.75, 3.05) is 18.9 Å². The Kier molecular flexibility index (Phi) is 6.07. The van der Waals surface area contributed by atoms with Gasteiger partial charge in [-0.1, -0.05) is 11.8 Å². The molecule has 3 rings (SSSR count). The van der Waals surface area contributed by atoms with Crippen molar-refractivity contribution in [3.8, 4) is 0 Å². The average Bonchev–Trinajstić information content (AvgIpc) is 3.38. The van der Waals surface area contributed by atoms with Crippen LogP contribution in [0.25, 0.3) is 0 Å². The van der Waals surface area contributed by atoms with Crippen molar-refractivity contribution in [3.63, 3.8) is 0 Å². The normalized spacial score (nSPS) is 16.7. The van der Waals surface area contributed by atoms with E-state index in [2.05, 4.69) is 20.8 Å². The molecule has 2 amide bonds. The molecule has 2 N–H and O–H groups in total. The zero-order chi connectivity index (χ0) is 17.5. The zero-order valence-electron chi connectivity index (χ0n) is 13.4. The summed E-state index contributed by atoms with van der Waals surface area (Å²) in [5, 5.41) is 13.3. The van der Waals surface area contributed by atoms with Crippen molar-refractivity contribution in [1.29, 1.82) is 0 Å². The number of nitrogens with zero attached hydrogens (tertiary/aromatic N) is 2. The van der Waals surface area contributed by atoms with Gasteiger partial charge in [0.25, 0.3) is 11.1 Å². The summed E-state index contributed by atoms with van der Waals surface area (Å²) in [6.07, 6.45) is 3.54. The maximum absolute atomic E-state index is 11.8. The molecule has 0 spiro atoms. The number of carbonyl (C=O) groups excluding carboxylic acids is 2. The number of hydrogen-bond donors (Lipinski definition) is 2. The van der Waals surface area contributed by atoms with Crippen LogP contribution < -0.4 is 10.6 Å². The first kappa shape index (κ1) is 17.5. The van der Waals surface area contributed by atoms with Gasteiger partial charge in [0.15, 0.2) is 5.76 Å². The maximum Gasteiger partial charge on any atom is 0.287 e. The minimum atomic E-state index is -0.370. The number of aromatic nitrogens is 2. The van der Waals surface area contributed by atoms with Gasteiger partial charge in [0.2, 0.25) is 11.8 Å². The minimum Gasteiger partial charge on any atom is -0.459 e. The number of hydrogen-bond acceptors (Lipinski definition) is 8. The quantitative estimate of drug-likeness (QED) is 0.664. The second-order valence-corrected chi connectivity index (χ2v) is 6.28. The van der Waals surface area contributed by atoms with Crippen LogP contribution in [-0.2, 0) is 16.1 Å². The highest BCUT2D eigenvalue weighted by Crippen LogP contribution is 2.16. The van der Waals surface area contributed by atoms with Gasteiger partial charge >= 0.3 is 0 Å². The Hall–Kier alpha value is -2.33. The largest absolute Gasteiger partial charge is 0.459 e. The molecule has 0 unspecified atom stereocenters. The van der Waals surface area contributed by atoms with E-state index < -0.39 is 0 Å². The third-order valence-electron chi connectivity index (χ3n) is 3.47. The molecule has 134 valence electrons. The van der Waals surface area contributed by atoms with E-state index in [9.17, 15) is 9.59 Å². The van der Waals surface area contributed by atoms with Gasteiger partial charge in [0, 0.05) is 13.2 Å². The molecule has 1 aliphatic heterocycles. The predicted molar refractivity (Wildman–Crippen MR) is 86.9 cm³/mol. The number of furan rings is 1. The molecule has 1 saturated heterocycles. The molecular formula is C15H18N4O5S. The van der Waals surface area contributed by atoms with E-state index in [1.54, 1.807) is 12.1 Å². The van der Waals surface area contributed by atoms with E-state index in [-0.39, 0.29) is 47.1 Å². The SMILES string of the molecule is O=C(CSc1nnc(CNC(=O)c2ccco2)o1)NC[C@H]1CCCO1. The first-order valence-electron chi connectivity index (χ1n) is 7.86. The van der Waals surface area contributed by atoms with Crippen LogP contribution in [0.5, 0.6) is 0 Å². The summed E-state index contributed by atoms with van der Waals surface area (Å²) in [5.41, 5.74) is 0. The first-order chi connectivity index (χ1) is 12.2. The van der Waals surface area contributed by atoms with Crippen LogP contribution in [0.4, 0.5) is 0 Å². The number of ether oxygens (including phenoxy) is 1. The van der Waals surface area contributed by atoms with E-state index in [1.807, 2.05) is 0 Å². The molecule has 1 atom stereocenters. The summed E-state index contributed by atoms with van der Waals surface area (Å²) in [6, 6.07) is 3.18. The molecule has 0 radical (unpaired) electrons. The molecule has 9 nitrogen and oxygen atoms in total. The van der Waals surface area contributed by atoms with Crippen molar-refractivity contribution in [2.45, 2.75) is 30.7 Å². The Morgan fingerprint density at radius 1 is 1.32 bits per heavy atom. The van der Waals surface area contributed by atoms with Crippen molar-refractivity contribution >= 4 is 23.6 Å². The number of carbonyl (C=O) groups is 2. The van der Waals surface area contributed by atoms with Crippen LogP contribution in [0.3, 0.4) is 0 Å². The molecule has 10 heteroatoms. The minimum absolute atomic E-state index is 0.0817. The van der Waals surface area contributed by atoms with Crippen molar-refractivity contribution < 1.29 is 23.2 Å². The molecule has 0 aliphatic carbocycles. The summed E-state index contributed by atoms with van der Waals surface area (Å²) in [6.45, 7) is 1.36. The van der Waals surface area contributed by atoms with Crippen LogP contribution in [0.1, 0.15) is 29.3 Å². The summed E-state index contributed by atoms with van der Waals surface area (Å²) < 4.78 is 15.8. The lowest BCUT2D eigenvalue weighted by atomic mass is 10.2. The lowest BCUT2D eigenvalue weighted by molar-refractivity contribution is -0.119. The molecule has 2 aromatic rings. The van der Waals surface area contributed by atoms with Crippen LogP contribution in [0.2, 0.25) is 0 Å². The summed E-state index contributed by atoms with van der Waals surface area (Å²) in [5.74, 6) is 0.143. The van der Waals surface area contributed by atoms with E-state index in [1.165, 1.54) is 6.26 Å². The number of nitrogens with one attached hydrogen (secondary N) is 2. The molecule has 1 fully saturated rings. The molecule has 0 aromatic carbocycles. The van der Waals surface area contributed by atoms with Crippen LogP contribution in [-0.4, -0.2) is 47.0 Å². The third kappa shape index (κ3) is 5.33. The fourth-order valence-electron chi connectivity index (χ4n) is 2.23. The Morgan fingerprint density at radius 3 is 3.00 bits per heavy atom. The second kappa shape index (κ2) is 8.67. The molecule has 1 aliphatic rings. The Labute approximate surface area is 147 Å². The van der Waals surface area contributed by atoms with Gasteiger partial charge in [-0.05, 0) is 25.0 Å². The van der Waals surface area contributed by atoms with Gasteiger partial charge in [-0.2, -0.15) is 0 Å². The zero-order valence-corrected chi connectivity index (χ0v) is 14.2. The van der Waals surface area contributed by atoms with Gasteiger partial charge in [-0.25, -0.2) is 0 Å². The molecule has 0 bridgehead atoms. The van der Waals surface area contributed by atoms with Crippen LogP contribution in [0.15, 0.2) is 32.5 Å². The molecule has 3 heterocycles. The Morgan fingerprint density at radius 2 is 2.24 bits per heavy atom. The van der Waals surface area contributed by atoms with Gasteiger partial charge in [0.1, 0.15) is 0 Å². The average molecular weight is 366 g/mol. The number of rotatable bonds is 8. The monoisotopic (exact) mass is 366 g/mol. The molecule has 0 saturated carbocycles. The number of thioether (sulfide) groups is 1. The molecular weight excluding hydrogens is 348 g/mol. The fraction of sp³-hybridized carbons (Fsp3) is 0.467. The van der Waals surface area contributed by atoms with E-state index >= 15 is 0 Å². The predicted octanol–water partition coefficient (Wildman–Crippen LogP) is 0.980. The van der Waals surface area contributed by atoms with Gasteiger partial charge < -0.3 is 24.2 Å². The fourth-order valence-corrected chi connectivity index (χ4v) is 2.84. The van der Waals surface area contributed by atoms with Crippen LogP contribution >= 0.6 is 11.8 Å². The highest BCUT2D eigenvalue weighted by Gasteiger charge is 2.17. The van der Waals surface area contributed by atoms with E-state index in [4.69, 9.17) is 13.6 Å². The van der Waals surface area contributed by atoms with Gasteiger partial charge in [-0.15, -0.1) is 10.2 Å². The summed E-state index contributed by atoms with van der Waals surface area (Å²) >= 11 is 1.14. The highest BCUT2D eigenvalue weighted by molar-refractivity contribution is 7.99. The highest BCUT2D eigenvalue weighted by atomic mass is 32.2. The van der Waals surface area contributed by atoms with Crippen molar-refractivity contribution in [2.24, 2.45) is 0 Å². The third-order valence-corrected chi connectivity index (χ3v) is 4.29. The maximum atomic E-state index is 11.8. The summed E-state index contributed by atoms with van der Waals surface area (Å²) in [4.78, 5) is 23.5. The van der Waals surface area contributed by atoms with Crippen LogP contribution in [0, 0.1) is 0 Å². The summed E-state index contributed by atoms with van der Waals surface area (Å²) in [7, 11) is 0. The standard InChI is InChI=1S/C15H18N4O5S/c20-12(16-7-10-3-1-5-22-10)9-25-15-19-18-13(24-15)8-17-14(21)11-4-2-6-23-11/h2,4,6,10H,1,3,5,7-9H2,(H,16,20)(H,17,21)/t10-/m1/s1. The van der Waals surface area contributed by atoms with Crippen molar-refractivity contribution in [1.82, 2.24) is 20.8 Å².